The van der Waals surface area contributed by atoms with Gasteiger partial charge in [-0.25, -0.2) is 4.98 Å². The molecule has 27 heavy (non-hydrogen) atoms. The molecule has 1 aliphatic carbocycles. The summed E-state index contributed by atoms with van der Waals surface area (Å²) < 4.78 is 6.02. The number of benzene rings is 1. The Morgan fingerprint density at radius 3 is 2.67 bits per heavy atom. The zero-order valence-corrected chi connectivity index (χ0v) is 16.8. The van der Waals surface area contributed by atoms with Gasteiger partial charge in [0.1, 0.15) is 10.9 Å². The fraction of sp³-hybridized carbons (Fsp3) is 0.476. The van der Waals surface area contributed by atoms with Gasteiger partial charge >= 0.3 is 0 Å². The molecule has 2 bridgehead atoms. The van der Waals surface area contributed by atoms with E-state index in [0.29, 0.717) is 10.7 Å². The van der Waals surface area contributed by atoms with Gasteiger partial charge in [-0.3, -0.25) is 9.59 Å². The smallest absolute Gasteiger partial charge is 0.156 e. The molecule has 2 aliphatic heterocycles. The second kappa shape index (κ2) is 5.97. The third-order valence-electron chi connectivity index (χ3n) is 6.38. The first-order chi connectivity index (χ1) is 12.9. The molecule has 4 nitrogen and oxygen atoms in total. The molecule has 1 unspecified atom stereocenters. The van der Waals surface area contributed by atoms with Crippen LogP contribution in [0.2, 0.25) is 5.02 Å². The summed E-state index contributed by atoms with van der Waals surface area (Å²) in [5.41, 5.74) is 1.15. The van der Waals surface area contributed by atoms with Crippen molar-refractivity contribution in [2.24, 2.45) is 11.8 Å². The average Bonchev–Trinajstić information content (AvgIpc) is 3.36. The van der Waals surface area contributed by atoms with Crippen LogP contribution in [0.1, 0.15) is 43.2 Å². The third-order valence-corrected chi connectivity index (χ3v) is 7.90. The lowest BCUT2D eigenvalue weighted by atomic mass is 9.74. The first-order valence-electron chi connectivity index (χ1n) is 9.44. The molecule has 1 aromatic heterocycles. The highest BCUT2D eigenvalue weighted by Gasteiger charge is 2.68. The average molecular weight is 402 g/mol. The van der Waals surface area contributed by atoms with Gasteiger partial charge < -0.3 is 4.74 Å². The first kappa shape index (κ1) is 17.5. The Bertz CT molecular complexity index is 953. The lowest BCUT2D eigenvalue weighted by molar-refractivity contribution is -0.129. The van der Waals surface area contributed by atoms with Gasteiger partial charge in [0.2, 0.25) is 0 Å². The van der Waals surface area contributed by atoms with Gasteiger partial charge in [0, 0.05) is 15.5 Å². The molecule has 3 aliphatic rings. The maximum atomic E-state index is 13.3. The molecule has 0 amide bonds. The van der Waals surface area contributed by atoms with E-state index in [-0.39, 0.29) is 29.5 Å². The number of aromatic nitrogens is 1. The van der Waals surface area contributed by atoms with Crippen LogP contribution in [-0.4, -0.2) is 28.3 Å². The quantitative estimate of drug-likeness (QED) is 0.713. The van der Waals surface area contributed by atoms with Gasteiger partial charge in [-0.2, -0.15) is 0 Å². The van der Waals surface area contributed by atoms with E-state index in [0.717, 1.165) is 34.7 Å². The van der Waals surface area contributed by atoms with Crippen molar-refractivity contribution in [2.45, 2.75) is 50.7 Å². The molecule has 5 rings (SSSR count). The van der Waals surface area contributed by atoms with Crippen LogP contribution in [-0.2, 0) is 20.7 Å². The van der Waals surface area contributed by atoms with Crippen LogP contribution in [0.3, 0.4) is 0 Å². The van der Waals surface area contributed by atoms with Crippen LogP contribution in [0.5, 0.6) is 0 Å². The molecular formula is C21H20ClNO3S. The summed E-state index contributed by atoms with van der Waals surface area (Å²) in [7, 11) is 0. The number of hydrogen-bond donors (Lipinski definition) is 0. The van der Waals surface area contributed by atoms with E-state index >= 15 is 0 Å². The van der Waals surface area contributed by atoms with Crippen molar-refractivity contribution in [3.05, 3.63) is 39.9 Å². The molecular weight excluding hydrogens is 382 g/mol. The molecule has 3 heterocycles. The number of hydrogen-bond acceptors (Lipinski definition) is 5. The molecule has 1 aromatic carbocycles. The van der Waals surface area contributed by atoms with E-state index in [9.17, 15) is 9.59 Å². The van der Waals surface area contributed by atoms with Crippen LogP contribution in [0.25, 0.3) is 10.6 Å². The Hall–Kier alpha value is -1.56. The molecule has 2 saturated heterocycles. The lowest BCUT2D eigenvalue weighted by Crippen LogP contribution is -2.37. The zero-order valence-electron chi connectivity index (χ0n) is 15.2. The largest absolute Gasteiger partial charge is 0.370 e. The maximum absolute atomic E-state index is 13.3. The standard InChI is InChI=1S/C21H20ClNO3S/c1-3-13-17(23-20(27-13)10-4-6-11(22)7-5-10)15-18(24)14-12-8-9-21(2,26-12)16(14)19(15)25/h4-7,12,14-16H,3,8-9H2,1-2H3/t12-,14-,15?,16+,21+/m0/s1. The Kier molecular flexibility index (Phi) is 3.87. The highest BCUT2D eigenvalue weighted by molar-refractivity contribution is 7.15. The third kappa shape index (κ3) is 2.41. The highest BCUT2D eigenvalue weighted by Crippen LogP contribution is 2.58. The second-order valence-corrected chi connectivity index (χ2v) is 9.46. The van der Waals surface area contributed by atoms with E-state index in [2.05, 4.69) is 0 Å². The first-order valence-corrected chi connectivity index (χ1v) is 10.6. The van der Waals surface area contributed by atoms with Crippen LogP contribution >= 0.6 is 22.9 Å². The summed E-state index contributed by atoms with van der Waals surface area (Å²) in [6.45, 7) is 4.04. The minimum atomic E-state index is -0.726. The summed E-state index contributed by atoms with van der Waals surface area (Å²) >= 11 is 7.55. The Morgan fingerprint density at radius 1 is 1.26 bits per heavy atom. The Morgan fingerprint density at radius 2 is 2.00 bits per heavy atom. The molecule has 2 aromatic rings. The molecule has 6 heteroatoms. The number of halogens is 1. The fourth-order valence-electron chi connectivity index (χ4n) is 5.13. The monoisotopic (exact) mass is 401 g/mol. The predicted molar refractivity (Wildman–Crippen MR) is 104 cm³/mol. The minimum Gasteiger partial charge on any atom is -0.370 e. The number of thiazole rings is 1. The van der Waals surface area contributed by atoms with E-state index < -0.39 is 11.5 Å². The van der Waals surface area contributed by atoms with Gasteiger partial charge in [-0.1, -0.05) is 30.7 Å². The minimum absolute atomic E-state index is 0.0114. The number of Topliss-reactive ketones (excluding diaryl/α,β-unsaturated/α-hetero) is 2. The van der Waals surface area contributed by atoms with Gasteiger partial charge in [0.15, 0.2) is 11.6 Å². The molecule has 0 spiro atoms. The molecule has 0 radical (unpaired) electrons. The summed E-state index contributed by atoms with van der Waals surface area (Å²) in [5.74, 6) is -1.29. The number of carbonyl (C=O) groups excluding carboxylic acids is 2. The van der Waals surface area contributed by atoms with Crippen molar-refractivity contribution in [1.29, 1.82) is 0 Å². The van der Waals surface area contributed by atoms with Gasteiger partial charge in [-0.05, 0) is 38.3 Å². The van der Waals surface area contributed by atoms with Crippen LogP contribution < -0.4 is 0 Å². The van der Waals surface area contributed by atoms with E-state index in [1.165, 1.54) is 0 Å². The number of fused-ring (bicyclic) bond motifs is 5. The van der Waals surface area contributed by atoms with Gasteiger partial charge in [-0.15, -0.1) is 11.3 Å². The number of ketones is 2. The van der Waals surface area contributed by atoms with Crippen molar-refractivity contribution in [2.75, 3.05) is 0 Å². The maximum Gasteiger partial charge on any atom is 0.156 e. The van der Waals surface area contributed by atoms with Gasteiger partial charge in [0.05, 0.1) is 29.2 Å². The number of carbonyl (C=O) groups is 2. The van der Waals surface area contributed by atoms with Crippen molar-refractivity contribution in [3.8, 4) is 10.6 Å². The Labute approximate surface area is 166 Å². The number of nitrogens with zero attached hydrogens (tertiary/aromatic N) is 1. The van der Waals surface area contributed by atoms with Crippen LogP contribution in [0, 0.1) is 11.8 Å². The summed E-state index contributed by atoms with van der Waals surface area (Å²) in [4.78, 5) is 32.3. The van der Waals surface area contributed by atoms with Gasteiger partial charge in [0.25, 0.3) is 0 Å². The lowest BCUT2D eigenvalue weighted by Gasteiger charge is -2.26. The molecule has 1 saturated carbocycles. The molecule has 3 fully saturated rings. The second-order valence-electron chi connectivity index (χ2n) is 7.94. The number of ether oxygens (including phenoxy) is 1. The summed E-state index contributed by atoms with van der Waals surface area (Å²) in [6, 6.07) is 7.50. The summed E-state index contributed by atoms with van der Waals surface area (Å²) in [6.07, 6.45) is 2.39. The SMILES string of the molecule is CCc1sc(-c2ccc(Cl)cc2)nc1C1C(=O)[C@H]2[C@@H]3CC[C@@](C)(O3)[C@H]2C1=O. The fourth-order valence-corrected chi connectivity index (χ4v) is 6.30. The number of rotatable bonds is 3. The van der Waals surface area contributed by atoms with Crippen LogP contribution in [0.4, 0.5) is 0 Å². The predicted octanol–water partition coefficient (Wildman–Crippen LogP) is 4.45. The van der Waals surface area contributed by atoms with Crippen molar-refractivity contribution < 1.29 is 14.3 Å². The Balaban J connectivity index is 1.56. The van der Waals surface area contributed by atoms with Crippen LogP contribution in [0.15, 0.2) is 24.3 Å². The van der Waals surface area contributed by atoms with E-state index in [1.54, 1.807) is 11.3 Å². The van der Waals surface area contributed by atoms with Crippen molar-refractivity contribution in [1.82, 2.24) is 4.98 Å². The molecule has 140 valence electrons. The molecule has 5 atom stereocenters. The summed E-state index contributed by atoms with van der Waals surface area (Å²) in [5, 5.41) is 1.51. The topological polar surface area (TPSA) is 56.3 Å². The van der Waals surface area contributed by atoms with Crippen molar-refractivity contribution >= 4 is 34.5 Å². The number of aryl methyl sites for hydroxylation is 1. The highest BCUT2D eigenvalue weighted by atomic mass is 35.5. The molecule has 0 N–H and O–H groups in total. The zero-order chi connectivity index (χ0) is 18.9. The van der Waals surface area contributed by atoms with E-state index in [4.69, 9.17) is 21.3 Å². The normalized spacial score (nSPS) is 34.5. The van der Waals surface area contributed by atoms with Crippen molar-refractivity contribution in [3.63, 3.8) is 0 Å². The van der Waals surface area contributed by atoms with E-state index in [1.807, 2.05) is 38.1 Å².